The third-order valence-corrected chi connectivity index (χ3v) is 7.69. The molecular weight excluding hydrogens is 311 g/mol. The molecule has 2 aromatic heterocycles. The Kier molecular flexibility index (Phi) is 3.06. The van der Waals surface area contributed by atoms with Gasteiger partial charge in [0.15, 0.2) is 0 Å². The summed E-state index contributed by atoms with van der Waals surface area (Å²) in [5, 5.41) is 0. The molecule has 0 spiro atoms. The molecule has 0 fully saturated rings. The summed E-state index contributed by atoms with van der Waals surface area (Å²) in [6, 6.07) is 9.03. The number of hydrogen-bond acceptors (Lipinski definition) is 2. The number of thiophene rings is 2. The zero-order chi connectivity index (χ0) is 9.26. The van der Waals surface area contributed by atoms with Crippen LogP contribution in [0, 0.1) is 19.6 Å². The van der Waals surface area contributed by atoms with Gasteiger partial charge in [-0.2, -0.15) is 0 Å². The summed E-state index contributed by atoms with van der Waals surface area (Å²) < 4.78 is 3.20. The zero-order valence-corrected chi connectivity index (χ0v) is 11.5. The molecule has 0 saturated carbocycles. The number of rotatable bonds is 2. The van der Waals surface area contributed by atoms with Gasteiger partial charge in [0, 0.05) is 0 Å². The summed E-state index contributed by atoms with van der Waals surface area (Å²) >= 11 is 3.84. The van der Waals surface area contributed by atoms with Crippen molar-refractivity contribution in [3.8, 4) is 0 Å². The second-order valence-corrected chi connectivity index (χ2v) is 10.1. The summed E-state index contributed by atoms with van der Waals surface area (Å²) in [6.45, 7) is 4.36. The van der Waals surface area contributed by atoms with Gasteiger partial charge in [-0.25, -0.2) is 0 Å². The molecule has 13 heavy (non-hydrogen) atoms. The topological polar surface area (TPSA) is 0 Å². The van der Waals surface area contributed by atoms with Crippen LogP contribution in [-0.2, 0) is 0 Å². The molecule has 0 aliphatic rings. The molecule has 0 radical (unpaired) electrons. The van der Waals surface area contributed by atoms with Gasteiger partial charge in [0.1, 0.15) is 0 Å². The maximum absolute atomic E-state index is 2.29. The molecule has 0 nitrogen and oxygen atoms in total. The number of halogens is 1. The van der Waals surface area contributed by atoms with Crippen LogP contribution in [0.5, 0.6) is 0 Å². The van der Waals surface area contributed by atoms with Gasteiger partial charge in [-0.05, 0) is 0 Å². The quantitative estimate of drug-likeness (QED) is 0.728. The van der Waals surface area contributed by atoms with Gasteiger partial charge in [0.2, 0.25) is 0 Å². The van der Waals surface area contributed by atoms with E-state index in [1.165, 1.54) is 9.75 Å². The van der Waals surface area contributed by atoms with Crippen LogP contribution < -0.4 is 0 Å². The Morgan fingerprint density at radius 3 is 1.62 bits per heavy atom. The van der Waals surface area contributed by atoms with Gasteiger partial charge in [0.25, 0.3) is 0 Å². The third-order valence-electron chi connectivity index (χ3n) is 1.63. The molecule has 0 bridgehead atoms. The van der Waals surface area contributed by atoms with Gasteiger partial charge < -0.3 is 0 Å². The molecule has 70 valence electrons. The summed E-state index contributed by atoms with van der Waals surface area (Å²) in [4.78, 5) is 2.88. The fraction of sp³-hybridized carbons (Fsp3) is 0.200. The second-order valence-electron chi connectivity index (χ2n) is 2.83. The van der Waals surface area contributed by atoms with Crippen molar-refractivity contribution < 1.29 is 0 Å². The fourth-order valence-electron chi connectivity index (χ4n) is 1.03. The Labute approximate surface area is 96.9 Å². The summed E-state index contributed by atoms with van der Waals surface area (Å²) in [5.41, 5.74) is 0. The average molecular weight is 322 g/mol. The first-order valence-electron chi connectivity index (χ1n) is 4.05. The number of aryl methyl sites for hydroxylation is 2. The molecule has 0 saturated heterocycles. The van der Waals surface area contributed by atoms with Crippen molar-refractivity contribution in [2.24, 2.45) is 0 Å². The van der Waals surface area contributed by atoms with E-state index in [2.05, 4.69) is 38.1 Å². The monoisotopic (exact) mass is 322 g/mol. The van der Waals surface area contributed by atoms with E-state index in [0.29, 0.717) is 0 Å². The van der Waals surface area contributed by atoms with Crippen LogP contribution in [0.25, 0.3) is 0 Å². The molecule has 0 aromatic carbocycles. The van der Waals surface area contributed by atoms with Crippen molar-refractivity contribution >= 4 is 43.9 Å². The van der Waals surface area contributed by atoms with Crippen LogP contribution in [0.1, 0.15) is 9.75 Å². The van der Waals surface area contributed by atoms with E-state index in [1.54, 1.807) is 5.77 Å². The summed E-state index contributed by atoms with van der Waals surface area (Å²) in [7, 11) is 0. The van der Waals surface area contributed by atoms with Crippen LogP contribution in [0.15, 0.2) is 24.3 Å². The first kappa shape index (κ1) is 9.68. The van der Waals surface area contributed by atoms with E-state index in [0.717, 1.165) is 0 Å². The van der Waals surface area contributed by atoms with Crippen LogP contribution in [-0.4, -0.2) is 0 Å². The van der Waals surface area contributed by atoms with Gasteiger partial charge in [0.05, 0.1) is 0 Å². The molecule has 2 aromatic rings. The van der Waals surface area contributed by atoms with Crippen molar-refractivity contribution in [3.05, 3.63) is 39.8 Å². The van der Waals surface area contributed by atoms with E-state index >= 15 is 0 Å². The van der Waals surface area contributed by atoms with E-state index in [-0.39, 0.29) is 21.2 Å². The second kappa shape index (κ2) is 4.11. The Balaban J connectivity index is 2.14. The summed E-state index contributed by atoms with van der Waals surface area (Å²) in [5.74, 6) is 0. The molecular formula is C10H11IS2. The van der Waals surface area contributed by atoms with Crippen LogP contribution in [0.3, 0.4) is 0 Å². The number of hydrogen-bond donors (Lipinski definition) is 0. The third kappa shape index (κ3) is 2.54. The van der Waals surface area contributed by atoms with Crippen LogP contribution in [0.2, 0.25) is 0 Å². The Morgan fingerprint density at radius 1 is 0.846 bits per heavy atom. The minimum atomic E-state index is -0.0746. The molecule has 3 heteroatoms. The first-order valence-corrected chi connectivity index (χ1v) is 8.01. The first-order chi connectivity index (χ1) is 6.24. The average Bonchev–Trinajstić information content (AvgIpc) is 2.62. The minimum absolute atomic E-state index is 0.0746. The van der Waals surface area contributed by atoms with E-state index < -0.39 is 0 Å². The van der Waals surface area contributed by atoms with E-state index in [4.69, 9.17) is 0 Å². The SMILES string of the molecule is Cc1ccc([IH]c2ccc(C)s2)s1. The molecule has 2 heterocycles. The van der Waals surface area contributed by atoms with Crippen molar-refractivity contribution in [1.82, 2.24) is 0 Å². The predicted octanol–water partition coefficient (Wildman–Crippen LogP) is 4.17. The van der Waals surface area contributed by atoms with Gasteiger partial charge in [-0.3, -0.25) is 0 Å². The van der Waals surface area contributed by atoms with E-state index in [9.17, 15) is 0 Å². The van der Waals surface area contributed by atoms with Crippen molar-refractivity contribution in [3.63, 3.8) is 0 Å². The van der Waals surface area contributed by atoms with Gasteiger partial charge in [-0.1, -0.05) is 0 Å². The Hall–Kier alpha value is 0.130. The van der Waals surface area contributed by atoms with Gasteiger partial charge in [-0.15, -0.1) is 0 Å². The predicted molar refractivity (Wildman–Crippen MR) is 70.9 cm³/mol. The van der Waals surface area contributed by atoms with Crippen molar-refractivity contribution in [1.29, 1.82) is 0 Å². The van der Waals surface area contributed by atoms with Gasteiger partial charge >= 0.3 is 97.5 Å². The maximum atomic E-state index is 2.29. The molecule has 2 rings (SSSR count). The zero-order valence-electron chi connectivity index (χ0n) is 7.53. The van der Waals surface area contributed by atoms with Crippen LogP contribution >= 0.6 is 43.9 Å². The Bertz CT molecular complexity index is 362. The van der Waals surface area contributed by atoms with Crippen molar-refractivity contribution in [2.45, 2.75) is 13.8 Å². The Morgan fingerprint density at radius 2 is 1.31 bits per heavy atom. The molecule has 0 aliphatic carbocycles. The van der Waals surface area contributed by atoms with Crippen LogP contribution in [0.4, 0.5) is 0 Å². The normalized spacial score (nSPS) is 10.9. The molecule has 0 N–H and O–H groups in total. The molecule has 0 amide bonds. The standard InChI is InChI=1S/C10H11IS2/c1-7-3-5-9(12-7)11-10-6-4-8(2)13-10/h3-6,11H,1-2H3. The van der Waals surface area contributed by atoms with E-state index in [1.807, 2.05) is 22.7 Å². The molecule has 0 atom stereocenters. The fourth-order valence-corrected chi connectivity index (χ4v) is 8.16. The summed E-state index contributed by atoms with van der Waals surface area (Å²) in [6.07, 6.45) is 0. The molecule has 0 aliphatic heterocycles. The van der Waals surface area contributed by atoms with Crippen molar-refractivity contribution in [2.75, 3.05) is 0 Å². The molecule has 0 unspecified atom stereocenters.